The van der Waals surface area contributed by atoms with E-state index in [9.17, 15) is 9.18 Å². The maximum absolute atomic E-state index is 14.2. The predicted octanol–water partition coefficient (Wildman–Crippen LogP) is 6.75. The van der Waals surface area contributed by atoms with Gasteiger partial charge in [0.25, 0.3) is 5.91 Å². The van der Waals surface area contributed by atoms with Crippen molar-refractivity contribution < 1.29 is 9.18 Å². The molecule has 1 fully saturated rings. The summed E-state index contributed by atoms with van der Waals surface area (Å²) in [5.74, 6) is 0.851. The van der Waals surface area contributed by atoms with Crippen LogP contribution in [0.25, 0.3) is 17.1 Å². The van der Waals surface area contributed by atoms with Gasteiger partial charge in [-0.3, -0.25) is 9.36 Å². The van der Waals surface area contributed by atoms with Crippen LogP contribution in [0.4, 0.5) is 10.1 Å². The van der Waals surface area contributed by atoms with Crippen LogP contribution in [0.1, 0.15) is 21.1 Å². The van der Waals surface area contributed by atoms with Crippen LogP contribution in [-0.2, 0) is 5.75 Å². The summed E-state index contributed by atoms with van der Waals surface area (Å²) < 4.78 is 16.2. The standard InChI is InChI=1S/C30H26ClFN6OS2/c1-20-8-2-6-12-25(20)38-28(21-9-3-4-10-22(21)31)34-35-30(38)41-19-27-33-24(18-40-27)29(39)37-16-14-36(15-17-37)26-13-7-5-11-23(26)32/h2-13,18H,14-17,19H2,1H3. The number of nitrogens with zero attached hydrogens (tertiary/aromatic N) is 6. The fourth-order valence-electron chi connectivity index (χ4n) is 4.83. The van der Waals surface area contributed by atoms with E-state index in [1.165, 1.54) is 29.2 Å². The van der Waals surface area contributed by atoms with E-state index in [2.05, 4.69) is 28.2 Å². The molecule has 1 aliphatic rings. The SMILES string of the molecule is Cc1ccccc1-n1c(SCc2nc(C(=O)N3CCN(c4ccccc4F)CC3)cs2)nnc1-c1ccccc1Cl. The minimum Gasteiger partial charge on any atom is -0.366 e. The van der Waals surface area contributed by atoms with Gasteiger partial charge in [-0.1, -0.05) is 65.8 Å². The highest BCUT2D eigenvalue weighted by Crippen LogP contribution is 2.34. The first kappa shape index (κ1) is 27.4. The quantitative estimate of drug-likeness (QED) is 0.192. The van der Waals surface area contributed by atoms with Crippen LogP contribution in [0.5, 0.6) is 0 Å². The van der Waals surface area contributed by atoms with Gasteiger partial charge in [-0.2, -0.15) is 0 Å². The Labute approximate surface area is 250 Å². The Morgan fingerprint density at radius 1 is 0.951 bits per heavy atom. The second-order valence-corrected chi connectivity index (χ2v) is 11.8. The lowest BCUT2D eigenvalue weighted by molar-refractivity contribution is 0.0741. The Balaban J connectivity index is 1.16. The smallest absolute Gasteiger partial charge is 0.273 e. The zero-order chi connectivity index (χ0) is 28.3. The van der Waals surface area contributed by atoms with Gasteiger partial charge < -0.3 is 9.80 Å². The highest BCUT2D eigenvalue weighted by molar-refractivity contribution is 7.98. The molecule has 11 heteroatoms. The molecule has 208 valence electrons. The molecule has 41 heavy (non-hydrogen) atoms. The van der Waals surface area contributed by atoms with E-state index in [4.69, 9.17) is 11.6 Å². The van der Waals surface area contributed by atoms with Crippen LogP contribution < -0.4 is 4.90 Å². The van der Waals surface area contributed by atoms with Crippen molar-refractivity contribution in [2.75, 3.05) is 31.1 Å². The summed E-state index contributed by atoms with van der Waals surface area (Å²) in [5.41, 5.74) is 3.86. The summed E-state index contributed by atoms with van der Waals surface area (Å²) in [5, 5.41) is 13.0. The van der Waals surface area contributed by atoms with E-state index in [0.29, 0.717) is 59.3 Å². The Kier molecular flexibility index (Phi) is 8.04. The molecule has 1 amide bonds. The summed E-state index contributed by atoms with van der Waals surface area (Å²) in [6.07, 6.45) is 0. The molecule has 3 heterocycles. The number of benzene rings is 3. The third kappa shape index (κ3) is 5.72. The van der Waals surface area contributed by atoms with Gasteiger partial charge in [-0.25, -0.2) is 9.37 Å². The number of thioether (sulfide) groups is 1. The number of aromatic nitrogens is 4. The molecule has 0 spiro atoms. The predicted molar refractivity (Wildman–Crippen MR) is 163 cm³/mol. The number of carbonyl (C=O) groups is 1. The normalized spacial score (nSPS) is 13.5. The van der Waals surface area contributed by atoms with E-state index in [1.807, 2.05) is 63.4 Å². The topological polar surface area (TPSA) is 67.2 Å². The molecule has 0 aliphatic carbocycles. The van der Waals surface area contributed by atoms with E-state index in [0.717, 1.165) is 21.8 Å². The van der Waals surface area contributed by atoms with E-state index in [1.54, 1.807) is 17.0 Å². The van der Waals surface area contributed by atoms with Gasteiger partial charge in [0.05, 0.1) is 22.2 Å². The van der Waals surface area contributed by atoms with E-state index in [-0.39, 0.29) is 11.7 Å². The van der Waals surface area contributed by atoms with Crippen LogP contribution in [0.2, 0.25) is 5.02 Å². The van der Waals surface area contributed by atoms with Crippen LogP contribution in [0.3, 0.4) is 0 Å². The van der Waals surface area contributed by atoms with Crippen LogP contribution in [-0.4, -0.2) is 56.7 Å². The largest absolute Gasteiger partial charge is 0.366 e. The van der Waals surface area contributed by atoms with Crippen LogP contribution >= 0.6 is 34.7 Å². The summed E-state index contributed by atoms with van der Waals surface area (Å²) in [6, 6.07) is 22.4. The molecule has 6 rings (SSSR count). The number of piperazine rings is 1. The first-order valence-corrected chi connectivity index (χ1v) is 15.4. The number of hydrogen-bond donors (Lipinski definition) is 0. The number of halogens is 2. The minimum absolute atomic E-state index is 0.102. The molecule has 5 aromatic rings. The lowest BCUT2D eigenvalue weighted by atomic mass is 10.1. The third-order valence-electron chi connectivity index (χ3n) is 6.96. The molecule has 0 N–H and O–H groups in total. The summed E-state index contributed by atoms with van der Waals surface area (Å²) in [6.45, 7) is 4.22. The number of anilines is 1. The maximum Gasteiger partial charge on any atom is 0.273 e. The molecule has 0 atom stereocenters. The number of thiazole rings is 1. The van der Waals surface area contributed by atoms with Crippen LogP contribution in [0, 0.1) is 12.7 Å². The Morgan fingerprint density at radius 2 is 1.66 bits per heavy atom. The molecule has 3 aromatic carbocycles. The number of hydrogen-bond acceptors (Lipinski definition) is 7. The van der Waals surface area contributed by atoms with Crippen molar-refractivity contribution in [3.05, 3.63) is 105 Å². The fraction of sp³-hybridized carbons (Fsp3) is 0.200. The summed E-state index contributed by atoms with van der Waals surface area (Å²) in [4.78, 5) is 21.6. The highest BCUT2D eigenvalue weighted by atomic mass is 35.5. The second-order valence-electron chi connectivity index (χ2n) is 9.55. The fourth-order valence-corrected chi connectivity index (χ4v) is 6.79. The first-order chi connectivity index (χ1) is 20.0. The van der Waals surface area contributed by atoms with Crippen molar-refractivity contribution in [2.24, 2.45) is 0 Å². The Bertz CT molecular complexity index is 1700. The number of carbonyl (C=O) groups excluding carboxylic acids is 1. The third-order valence-corrected chi connectivity index (χ3v) is 9.26. The molecular formula is C30H26ClFN6OS2. The number of aryl methyl sites for hydroxylation is 1. The van der Waals surface area contributed by atoms with Gasteiger partial charge in [-0.15, -0.1) is 21.5 Å². The zero-order valence-corrected chi connectivity index (χ0v) is 24.6. The molecule has 2 aromatic heterocycles. The summed E-state index contributed by atoms with van der Waals surface area (Å²) in [7, 11) is 0. The van der Waals surface area contributed by atoms with Crippen molar-refractivity contribution in [3.8, 4) is 17.1 Å². The van der Waals surface area contributed by atoms with Crippen molar-refractivity contribution in [1.82, 2.24) is 24.6 Å². The molecule has 1 aliphatic heterocycles. The molecule has 0 radical (unpaired) electrons. The molecule has 0 unspecified atom stereocenters. The van der Waals surface area contributed by atoms with Gasteiger partial charge in [0.15, 0.2) is 11.0 Å². The van der Waals surface area contributed by atoms with Gasteiger partial charge in [-0.05, 0) is 42.8 Å². The van der Waals surface area contributed by atoms with Gasteiger partial charge in [0, 0.05) is 37.1 Å². The number of rotatable bonds is 7. The molecule has 0 bridgehead atoms. The van der Waals surface area contributed by atoms with Crippen LogP contribution in [0.15, 0.2) is 83.3 Å². The first-order valence-electron chi connectivity index (χ1n) is 13.1. The molecule has 0 saturated carbocycles. The second kappa shape index (κ2) is 12.0. The Morgan fingerprint density at radius 3 is 2.41 bits per heavy atom. The molecule has 7 nitrogen and oxygen atoms in total. The monoisotopic (exact) mass is 604 g/mol. The molecule has 1 saturated heterocycles. The van der Waals surface area contributed by atoms with Gasteiger partial charge in [0.2, 0.25) is 0 Å². The lowest BCUT2D eigenvalue weighted by Crippen LogP contribution is -2.49. The highest BCUT2D eigenvalue weighted by Gasteiger charge is 2.25. The number of amides is 1. The average Bonchev–Trinajstić information content (AvgIpc) is 3.64. The number of para-hydroxylation sites is 2. The van der Waals surface area contributed by atoms with Crippen molar-refractivity contribution >= 4 is 46.3 Å². The average molecular weight is 605 g/mol. The van der Waals surface area contributed by atoms with E-state index >= 15 is 0 Å². The summed E-state index contributed by atoms with van der Waals surface area (Å²) >= 11 is 9.50. The Hall–Kier alpha value is -3.73. The zero-order valence-electron chi connectivity index (χ0n) is 22.2. The minimum atomic E-state index is -0.244. The van der Waals surface area contributed by atoms with Gasteiger partial charge >= 0.3 is 0 Å². The maximum atomic E-state index is 14.2. The lowest BCUT2D eigenvalue weighted by Gasteiger charge is -2.35. The molecular weight excluding hydrogens is 579 g/mol. The van der Waals surface area contributed by atoms with Crippen molar-refractivity contribution in [2.45, 2.75) is 17.8 Å². The van der Waals surface area contributed by atoms with Crippen molar-refractivity contribution in [1.29, 1.82) is 0 Å². The van der Waals surface area contributed by atoms with Crippen molar-refractivity contribution in [3.63, 3.8) is 0 Å². The van der Waals surface area contributed by atoms with E-state index < -0.39 is 0 Å². The van der Waals surface area contributed by atoms with Gasteiger partial charge in [0.1, 0.15) is 16.5 Å².